The highest BCUT2D eigenvalue weighted by Crippen LogP contribution is 2.17. The van der Waals surface area contributed by atoms with Gasteiger partial charge < -0.3 is 10.8 Å². The lowest BCUT2D eigenvalue weighted by Gasteiger charge is -2.14. The first-order valence-corrected chi connectivity index (χ1v) is 4.88. The first kappa shape index (κ1) is 9.95. The smallest absolute Gasteiger partial charge is 0.0938 e. The molecular weight excluding hydrogens is 265 g/mol. The molecule has 0 fully saturated rings. The van der Waals surface area contributed by atoms with Gasteiger partial charge in [0.2, 0.25) is 0 Å². The predicted octanol–water partition coefficient (Wildman–Crippen LogP) is 1.67. The molecule has 1 aromatic rings. The first-order valence-electron chi connectivity index (χ1n) is 3.80. The fourth-order valence-corrected chi connectivity index (χ4v) is 1.56. The van der Waals surface area contributed by atoms with Crippen molar-refractivity contribution < 1.29 is 5.11 Å². The summed E-state index contributed by atoms with van der Waals surface area (Å²) in [5.74, 6) is 0. The summed E-state index contributed by atoms with van der Waals surface area (Å²) in [7, 11) is 0. The topological polar surface area (TPSA) is 46.2 Å². The van der Waals surface area contributed by atoms with Gasteiger partial charge in [-0.2, -0.15) is 0 Å². The standard InChI is InChI=1S/C9H12INO/c1-6(11)9(12)7-3-2-4-8(10)5-7/h2-6,9,12H,11H2,1H3. The van der Waals surface area contributed by atoms with Crippen LogP contribution < -0.4 is 5.73 Å². The molecule has 0 aliphatic rings. The van der Waals surface area contributed by atoms with Crippen LogP contribution in [0, 0.1) is 3.57 Å². The molecule has 0 saturated heterocycles. The Morgan fingerprint density at radius 1 is 1.50 bits per heavy atom. The second-order valence-electron chi connectivity index (χ2n) is 2.86. The van der Waals surface area contributed by atoms with Crippen molar-refractivity contribution in [2.24, 2.45) is 5.73 Å². The van der Waals surface area contributed by atoms with Gasteiger partial charge in [0.05, 0.1) is 6.10 Å². The van der Waals surface area contributed by atoms with Crippen LogP contribution in [0.1, 0.15) is 18.6 Å². The maximum Gasteiger partial charge on any atom is 0.0938 e. The van der Waals surface area contributed by atoms with Crippen molar-refractivity contribution in [1.29, 1.82) is 0 Å². The number of hydrogen-bond acceptors (Lipinski definition) is 2. The van der Waals surface area contributed by atoms with E-state index in [1.807, 2.05) is 24.3 Å². The van der Waals surface area contributed by atoms with E-state index in [0.717, 1.165) is 9.13 Å². The molecule has 0 aromatic heterocycles. The second-order valence-corrected chi connectivity index (χ2v) is 4.10. The van der Waals surface area contributed by atoms with Crippen LogP contribution in [0.5, 0.6) is 0 Å². The van der Waals surface area contributed by atoms with Crippen LogP contribution in [0.25, 0.3) is 0 Å². The monoisotopic (exact) mass is 277 g/mol. The highest BCUT2D eigenvalue weighted by Gasteiger charge is 2.11. The third-order valence-electron chi connectivity index (χ3n) is 1.69. The molecular formula is C9H12INO. The molecule has 0 aliphatic carbocycles. The fraction of sp³-hybridized carbons (Fsp3) is 0.333. The molecule has 0 radical (unpaired) electrons. The Hall–Kier alpha value is -0.130. The van der Waals surface area contributed by atoms with Gasteiger partial charge in [-0.05, 0) is 47.2 Å². The van der Waals surface area contributed by atoms with Gasteiger partial charge in [0.1, 0.15) is 0 Å². The lowest BCUT2D eigenvalue weighted by Crippen LogP contribution is -2.24. The van der Waals surface area contributed by atoms with Crippen LogP contribution in [-0.2, 0) is 0 Å². The quantitative estimate of drug-likeness (QED) is 0.808. The molecule has 0 saturated carbocycles. The molecule has 2 unspecified atom stereocenters. The zero-order valence-corrected chi connectivity index (χ0v) is 9.02. The Kier molecular flexibility index (Phi) is 3.49. The summed E-state index contributed by atoms with van der Waals surface area (Å²) in [4.78, 5) is 0. The number of hydrogen-bond donors (Lipinski definition) is 2. The summed E-state index contributed by atoms with van der Waals surface area (Å²) in [6, 6.07) is 7.51. The number of nitrogens with two attached hydrogens (primary N) is 1. The normalized spacial score (nSPS) is 15.7. The van der Waals surface area contributed by atoms with Gasteiger partial charge in [-0.3, -0.25) is 0 Å². The first-order chi connectivity index (χ1) is 5.61. The molecule has 3 heteroatoms. The molecule has 1 aromatic carbocycles. The van der Waals surface area contributed by atoms with E-state index in [4.69, 9.17) is 5.73 Å². The lowest BCUT2D eigenvalue weighted by atomic mass is 10.0. The van der Waals surface area contributed by atoms with Crippen molar-refractivity contribution in [3.05, 3.63) is 33.4 Å². The van der Waals surface area contributed by atoms with E-state index in [1.54, 1.807) is 6.92 Å². The molecule has 2 atom stereocenters. The lowest BCUT2D eigenvalue weighted by molar-refractivity contribution is 0.153. The Morgan fingerprint density at radius 3 is 2.67 bits per heavy atom. The summed E-state index contributed by atoms with van der Waals surface area (Å²) >= 11 is 2.21. The SMILES string of the molecule is CC(N)C(O)c1cccc(I)c1. The zero-order valence-electron chi connectivity index (χ0n) is 6.87. The highest BCUT2D eigenvalue weighted by atomic mass is 127. The van der Waals surface area contributed by atoms with Crippen molar-refractivity contribution in [1.82, 2.24) is 0 Å². The molecule has 0 heterocycles. The molecule has 1 rings (SSSR count). The van der Waals surface area contributed by atoms with Gasteiger partial charge in [0, 0.05) is 9.61 Å². The van der Waals surface area contributed by atoms with Crippen molar-refractivity contribution in [2.45, 2.75) is 19.1 Å². The summed E-state index contributed by atoms with van der Waals surface area (Å²) in [5, 5.41) is 9.59. The molecule has 0 bridgehead atoms. The van der Waals surface area contributed by atoms with Gasteiger partial charge in [0.15, 0.2) is 0 Å². The third kappa shape index (κ3) is 2.43. The summed E-state index contributed by atoms with van der Waals surface area (Å²) < 4.78 is 1.12. The molecule has 0 spiro atoms. The number of rotatable bonds is 2. The Labute approximate surface area is 85.9 Å². The van der Waals surface area contributed by atoms with Crippen LogP contribution in [0.2, 0.25) is 0 Å². The maximum atomic E-state index is 9.59. The van der Waals surface area contributed by atoms with E-state index in [-0.39, 0.29) is 6.04 Å². The second kappa shape index (κ2) is 4.20. The average Bonchev–Trinajstić information content (AvgIpc) is 2.03. The van der Waals surface area contributed by atoms with Crippen molar-refractivity contribution in [3.8, 4) is 0 Å². The van der Waals surface area contributed by atoms with Gasteiger partial charge in [-0.15, -0.1) is 0 Å². The molecule has 3 N–H and O–H groups in total. The van der Waals surface area contributed by atoms with Crippen molar-refractivity contribution in [2.75, 3.05) is 0 Å². The Morgan fingerprint density at radius 2 is 2.17 bits per heavy atom. The number of halogens is 1. The van der Waals surface area contributed by atoms with E-state index in [0.29, 0.717) is 0 Å². The molecule has 66 valence electrons. The van der Waals surface area contributed by atoms with Crippen molar-refractivity contribution in [3.63, 3.8) is 0 Å². The van der Waals surface area contributed by atoms with E-state index in [2.05, 4.69) is 22.6 Å². The number of benzene rings is 1. The minimum atomic E-state index is -0.556. The maximum absolute atomic E-state index is 9.59. The summed E-state index contributed by atoms with van der Waals surface area (Å²) in [5.41, 5.74) is 6.45. The Bertz CT molecular complexity index is 262. The van der Waals surface area contributed by atoms with E-state index in [9.17, 15) is 5.11 Å². The van der Waals surface area contributed by atoms with Crippen LogP contribution in [0.3, 0.4) is 0 Å². The van der Waals surface area contributed by atoms with Gasteiger partial charge in [0.25, 0.3) is 0 Å². The Balaban J connectivity index is 2.88. The van der Waals surface area contributed by atoms with Crippen molar-refractivity contribution >= 4 is 22.6 Å². The molecule has 12 heavy (non-hydrogen) atoms. The van der Waals surface area contributed by atoms with Crippen LogP contribution in [0.15, 0.2) is 24.3 Å². The molecule has 0 aliphatic heterocycles. The minimum Gasteiger partial charge on any atom is -0.387 e. The van der Waals surface area contributed by atoms with E-state index >= 15 is 0 Å². The highest BCUT2D eigenvalue weighted by molar-refractivity contribution is 14.1. The summed E-state index contributed by atoms with van der Waals surface area (Å²) in [6.07, 6.45) is -0.556. The van der Waals surface area contributed by atoms with Crippen LogP contribution in [0.4, 0.5) is 0 Å². The minimum absolute atomic E-state index is 0.219. The van der Waals surface area contributed by atoms with Gasteiger partial charge in [-0.25, -0.2) is 0 Å². The largest absolute Gasteiger partial charge is 0.387 e. The van der Waals surface area contributed by atoms with Gasteiger partial charge in [-0.1, -0.05) is 12.1 Å². The van der Waals surface area contributed by atoms with E-state index in [1.165, 1.54) is 0 Å². The van der Waals surface area contributed by atoms with E-state index < -0.39 is 6.10 Å². The van der Waals surface area contributed by atoms with Crippen LogP contribution in [-0.4, -0.2) is 11.1 Å². The predicted molar refractivity (Wildman–Crippen MR) is 57.8 cm³/mol. The zero-order chi connectivity index (χ0) is 9.14. The molecule has 0 amide bonds. The third-order valence-corrected chi connectivity index (χ3v) is 2.36. The van der Waals surface area contributed by atoms with Gasteiger partial charge >= 0.3 is 0 Å². The summed E-state index contributed by atoms with van der Waals surface area (Å²) in [6.45, 7) is 1.80. The fourth-order valence-electron chi connectivity index (χ4n) is 0.994. The number of aliphatic hydroxyl groups is 1. The van der Waals surface area contributed by atoms with Crippen LogP contribution >= 0.6 is 22.6 Å². The molecule has 2 nitrogen and oxygen atoms in total. The number of aliphatic hydroxyl groups excluding tert-OH is 1. The average molecular weight is 277 g/mol.